The smallest absolute Gasteiger partial charge is 0.260 e. The standard InChI is InChI=1S/C17H25N3OS/c1-9-6-10(2)8-20(7-9)12(4)15-18-16(21)14-11(3)13(5)22-17(14)19-15/h9-10,12H,6-8H2,1-5H3,(H,18,19,21)/p+1/t9-,10-,12+/m0/s1. The number of hydrogen-bond donors (Lipinski definition) is 2. The lowest BCUT2D eigenvalue weighted by atomic mass is 9.91. The zero-order valence-electron chi connectivity index (χ0n) is 14.1. The Morgan fingerprint density at radius 1 is 1.27 bits per heavy atom. The van der Waals surface area contributed by atoms with Crippen LogP contribution in [0.5, 0.6) is 0 Å². The number of H-pyrrole nitrogens is 1. The minimum Gasteiger partial charge on any atom is -0.326 e. The summed E-state index contributed by atoms with van der Waals surface area (Å²) in [6.07, 6.45) is 1.31. The van der Waals surface area contributed by atoms with Crippen LogP contribution < -0.4 is 10.5 Å². The van der Waals surface area contributed by atoms with Gasteiger partial charge in [0.05, 0.1) is 18.5 Å². The third-order valence-electron chi connectivity index (χ3n) is 5.11. The van der Waals surface area contributed by atoms with Crippen LogP contribution in [0, 0.1) is 25.7 Å². The topological polar surface area (TPSA) is 50.2 Å². The molecule has 0 spiro atoms. The lowest BCUT2D eigenvalue weighted by molar-refractivity contribution is -0.941. The molecule has 2 aromatic heterocycles. The van der Waals surface area contributed by atoms with Crippen LogP contribution in [0.25, 0.3) is 10.2 Å². The van der Waals surface area contributed by atoms with Crippen LogP contribution >= 0.6 is 11.3 Å². The van der Waals surface area contributed by atoms with Crippen molar-refractivity contribution >= 4 is 21.6 Å². The number of thiophene rings is 1. The number of rotatable bonds is 2. The highest BCUT2D eigenvalue weighted by Gasteiger charge is 2.31. The number of fused-ring (bicyclic) bond motifs is 1. The fraction of sp³-hybridized carbons (Fsp3) is 0.647. The SMILES string of the molecule is Cc1sc2nc([C@@H](C)[NH+]3C[C@@H](C)C[C@H](C)C3)[nH]c(=O)c2c1C. The Kier molecular flexibility index (Phi) is 4.12. The van der Waals surface area contributed by atoms with Crippen LogP contribution in [-0.4, -0.2) is 23.1 Å². The first kappa shape index (κ1) is 15.7. The highest BCUT2D eigenvalue weighted by molar-refractivity contribution is 7.18. The van der Waals surface area contributed by atoms with Crippen LogP contribution in [0.2, 0.25) is 0 Å². The Bertz CT molecular complexity index is 738. The second kappa shape index (κ2) is 5.78. The van der Waals surface area contributed by atoms with E-state index in [1.54, 1.807) is 16.2 Å². The van der Waals surface area contributed by atoms with Crippen LogP contribution in [0.1, 0.15) is 49.5 Å². The summed E-state index contributed by atoms with van der Waals surface area (Å²) in [5, 5.41) is 0.772. The van der Waals surface area contributed by atoms with Gasteiger partial charge in [0.1, 0.15) is 10.9 Å². The van der Waals surface area contributed by atoms with E-state index in [1.807, 2.05) is 6.92 Å². The van der Waals surface area contributed by atoms with Gasteiger partial charge in [0.25, 0.3) is 5.56 Å². The zero-order valence-corrected chi connectivity index (χ0v) is 14.9. The number of aromatic amines is 1. The highest BCUT2D eigenvalue weighted by Crippen LogP contribution is 2.26. The summed E-state index contributed by atoms with van der Waals surface area (Å²) < 4.78 is 0. The molecular weight excluding hydrogens is 294 g/mol. The van der Waals surface area contributed by atoms with Gasteiger partial charge in [-0.15, -0.1) is 11.3 Å². The minimum atomic E-state index is 0.0196. The van der Waals surface area contributed by atoms with Crippen LogP contribution in [-0.2, 0) is 0 Å². The van der Waals surface area contributed by atoms with Gasteiger partial charge in [-0.05, 0) is 32.8 Å². The van der Waals surface area contributed by atoms with Gasteiger partial charge in [0.2, 0.25) is 0 Å². The number of likely N-dealkylation sites (tertiary alicyclic amines) is 1. The molecule has 0 aliphatic carbocycles. The summed E-state index contributed by atoms with van der Waals surface area (Å²) in [7, 11) is 0. The predicted octanol–water partition coefficient (Wildman–Crippen LogP) is 2.22. The maximum atomic E-state index is 12.5. The lowest BCUT2D eigenvalue weighted by Crippen LogP contribution is -3.14. The fourth-order valence-electron chi connectivity index (χ4n) is 3.86. The Morgan fingerprint density at radius 3 is 2.55 bits per heavy atom. The molecule has 1 fully saturated rings. The van der Waals surface area contributed by atoms with Crippen molar-refractivity contribution < 1.29 is 4.90 Å². The van der Waals surface area contributed by atoms with E-state index in [9.17, 15) is 4.79 Å². The van der Waals surface area contributed by atoms with Gasteiger partial charge in [0.15, 0.2) is 5.82 Å². The molecule has 3 heterocycles. The molecule has 0 unspecified atom stereocenters. The summed E-state index contributed by atoms with van der Waals surface area (Å²) in [6.45, 7) is 13.2. The molecule has 120 valence electrons. The molecule has 0 aromatic carbocycles. The van der Waals surface area contributed by atoms with Crippen molar-refractivity contribution in [3.8, 4) is 0 Å². The second-order valence-electron chi connectivity index (χ2n) is 7.15. The summed E-state index contributed by atoms with van der Waals surface area (Å²) in [4.78, 5) is 23.9. The maximum Gasteiger partial charge on any atom is 0.260 e. The summed E-state index contributed by atoms with van der Waals surface area (Å²) in [5.41, 5.74) is 1.09. The quantitative estimate of drug-likeness (QED) is 0.891. The zero-order chi connectivity index (χ0) is 16.0. The van der Waals surface area contributed by atoms with Gasteiger partial charge >= 0.3 is 0 Å². The molecule has 0 amide bonds. The maximum absolute atomic E-state index is 12.5. The number of aryl methyl sites for hydroxylation is 2. The number of nitrogens with one attached hydrogen (secondary N) is 2. The normalized spacial score (nSPS) is 27.2. The van der Waals surface area contributed by atoms with Crippen molar-refractivity contribution in [3.05, 3.63) is 26.6 Å². The van der Waals surface area contributed by atoms with Crippen LogP contribution in [0.3, 0.4) is 0 Å². The summed E-state index contributed by atoms with van der Waals surface area (Å²) >= 11 is 1.63. The van der Waals surface area contributed by atoms with Gasteiger partial charge < -0.3 is 9.88 Å². The highest BCUT2D eigenvalue weighted by atomic mass is 32.1. The molecule has 0 radical (unpaired) electrons. The first-order chi connectivity index (χ1) is 10.4. The largest absolute Gasteiger partial charge is 0.326 e. The number of aromatic nitrogens is 2. The third kappa shape index (κ3) is 2.72. The molecular formula is C17H26N3OS+. The monoisotopic (exact) mass is 320 g/mol. The number of nitrogens with zero attached hydrogens (tertiary/aromatic N) is 1. The summed E-state index contributed by atoms with van der Waals surface area (Å²) in [6, 6.07) is 0.241. The Labute approximate surface area is 135 Å². The molecule has 3 atom stereocenters. The third-order valence-corrected chi connectivity index (χ3v) is 6.21. The molecule has 0 bridgehead atoms. The van der Waals surface area contributed by atoms with Gasteiger partial charge in [-0.2, -0.15) is 0 Å². The number of quaternary nitrogens is 1. The minimum absolute atomic E-state index is 0.0196. The first-order valence-electron chi connectivity index (χ1n) is 8.21. The summed E-state index contributed by atoms with van der Waals surface area (Å²) in [5.74, 6) is 2.32. The second-order valence-corrected chi connectivity index (χ2v) is 8.35. The van der Waals surface area contributed by atoms with E-state index >= 15 is 0 Å². The molecule has 1 aliphatic rings. The first-order valence-corrected chi connectivity index (χ1v) is 9.03. The average molecular weight is 320 g/mol. The van der Waals surface area contributed by atoms with E-state index < -0.39 is 0 Å². The molecule has 1 aliphatic heterocycles. The van der Waals surface area contributed by atoms with Gasteiger partial charge in [-0.1, -0.05) is 13.8 Å². The van der Waals surface area contributed by atoms with Crippen LogP contribution in [0.4, 0.5) is 0 Å². The Morgan fingerprint density at radius 2 is 1.91 bits per heavy atom. The van der Waals surface area contributed by atoms with Crippen molar-refractivity contribution in [1.82, 2.24) is 9.97 Å². The molecule has 3 rings (SSSR count). The lowest BCUT2D eigenvalue weighted by Gasteiger charge is -2.35. The number of hydrogen-bond acceptors (Lipinski definition) is 3. The molecule has 22 heavy (non-hydrogen) atoms. The molecule has 2 aromatic rings. The predicted molar refractivity (Wildman–Crippen MR) is 91.8 cm³/mol. The average Bonchev–Trinajstić information content (AvgIpc) is 2.72. The van der Waals surface area contributed by atoms with Crippen molar-refractivity contribution in [2.45, 2.75) is 47.1 Å². The van der Waals surface area contributed by atoms with Gasteiger partial charge in [0, 0.05) is 16.7 Å². The van der Waals surface area contributed by atoms with Crippen molar-refractivity contribution in [2.75, 3.05) is 13.1 Å². The van der Waals surface area contributed by atoms with E-state index in [2.05, 4.69) is 32.7 Å². The molecule has 2 N–H and O–H groups in total. The molecule has 4 nitrogen and oxygen atoms in total. The number of piperidine rings is 1. The van der Waals surface area contributed by atoms with E-state index in [0.29, 0.717) is 0 Å². The van der Waals surface area contributed by atoms with E-state index in [4.69, 9.17) is 4.98 Å². The molecule has 0 saturated carbocycles. The van der Waals surface area contributed by atoms with Crippen molar-refractivity contribution in [1.29, 1.82) is 0 Å². The van der Waals surface area contributed by atoms with E-state index in [-0.39, 0.29) is 11.6 Å². The molecule has 1 saturated heterocycles. The fourth-order valence-corrected chi connectivity index (χ4v) is 4.89. The van der Waals surface area contributed by atoms with Crippen LogP contribution in [0.15, 0.2) is 4.79 Å². The molecule has 5 heteroatoms. The Balaban J connectivity index is 1.97. The van der Waals surface area contributed by atoms with Gasteiger partial charge in [-0.25, -0.2) is 4.98 Å². The Hall–Kier alpha value is -1.20. The van der Waals surface area contributed by atoms with Crippen molar-refractivity contribution in [2.24, 2.45) is 11.8 Å². The van der Waals surface area contributed by atoms with Crippen molar-refractivity contribution in [3.63, 3.8) is 0 Å². The van der Waals surface area contributed by atoms with E-state index in [0.717, 1.165) is 46.5 Å². The van der Waals surface area contributed by atoms with E-state index in [1.165, 1.54) is 11.3 Å². The van der Waals surface area contributed by atoms with Gasteiger partial charge in [-0.3, -0.25) is 4.79 Å².